The number of benzene rings is 2. The summed E-state index contributed by atoms with van der Waals surface area (Å²) in [7, 11) is 1.46. The van der Waals surface area contributed by atoms with E-state index in [1.807, 2.05) is 0 Å². The molecule has 11 heteroatoms. The van der Waals surface area contributed by atoms with Crippen LogP contribution in [-0.4, -0.2) is 40.9 Å². The van der Waals surface area contributed by atoms with Crippen LogP contribution in [0.1, 0.15) is 46.4 Å². The number of pyridine rings is 1. The van der Waals surface area contributed by atoms with Gasteiger partial charge in [-0.3, -0.25) is 24.5 Å². The molecule has 2 aromatic carbocycles. The first kappa shape index (κ1) is 24.4. The van der Waals surface area contributed by atoms with E-state index in [2.05, 4.69) is 36.9 Å². The third-order valence-corrected chi connectivity index (χ3v) is 6.56. The summed E-state index contributed by atoms with van der Waals surface area (Å²) < 4.78 is 0.423. The number of nitrogens with one attached hydrogen (secondary N) is 4. The van der Waals surface area contributed by atoms with Crippen molar-refractivity contribution in [3.63, 3.8) is 0 Å². The Hall–Kier alpha value is -3.73. The molecule has 4 rings (SSSR count). The molecule has 0 spiro atoms. The van der Waals surface area contributed by atoms with Gasteiger partial charge in [0.1, 0.15) is 5.69 Å². The normalized spacial score (nSPS) is 17.5. The van der Waals surface area contributed by atoms with Crippen LogP contribution in [0, 0.1) is 10.1 Å². The van der Waals surface area contributed by atoms with Crippen LogP contribution in [0.5, 0.6) is 0 Å². The van der Waals surface area contributed by atoms with Gasteiger partial charge < -0.3 is 20.9 Å². The number of nitro benzene ring substituents is 1. The fraction of sp³-hybridized carbons (Fsp3) is 0.292. The van der Waals surface area contributed by atoms with Crippen LogP contribution in [-0.2, 0) is 0 Å². The summed E-state index contributed by atoms with van der Waals surface area (Å²) in [6, 6.07) is 10.9. The summed E-state index contributed by atoms with van der Waals surface area (Å²) in [6.07, 6.45) is 2.74. The van der Waals surface area contributed by atoms with Gasteiger partial charge in [-0.25, -0.2) is 0 Å². The molecule has 182 valence electrons. The molecule has 35 heavy (non-hydrogen) atoms. The first-order valence-electron chi connectivity index (χ1n) is 11.2. The van der Waals surface area contributed by atoms with Gasteiger partial charge in [0.15, 0.2) is 0 Å². The molecule has 1 heterocycles. The van der Waals surface area contributed by atoms with Crippen LogP contribution in [0.4, 0.5) is 11.4 Å². The molecule has 3 aromatic rings. The third-order valence-electron chi connectivity index (χ3n) is 6.10. The predicted molar refractivity (Wildman–Crippen MR) is 136 cm³/mol. The minimum atomic E-state index is -0.528. The SMILES string of the molecule is CNC(=O)c1cc(Br)cc([N+](=O)[O-])c1N[C@@H]1CCC[C@H](NC(=O)c2cc(=O)[nH]c3ccccc23)C1. The number of nitro groups is 1. The molecule has 2 amide bonds. The fourth-order valence-corrected chi connectivity index (χ4v) is 4.96. The van der Waals surface area contributed by atoms with Crippen LogP contribution in [0.3, 0.4) is 0 Å². The highest BCUT2D eigenvalue weighted by Gasteiger charge is 2.29. The molecular weight excluding hydrogens is 518 g/mol. The quantitative estimate of drug-likeness (QED) is 0.276. The zero-order chi connectivity index (χ0) is 25.1. The monoisotopic (exact) mass is 541 g/mol. The first-order valence-corrected chi connectivity index (χ1v) is 12.0. The van der Waals surface area contributed by atoms with Crippen LogP contribution >= 0.6 is 15.9 Å². The van der Waals surface area contributed by atoms with Crippen molar-refractivity contribution in [2.45, 2.75) is 37.8 Å². The van der Waals surface area contributed by atoms with Gasteiger partial charge >= 0.3 is 0 Å². The zero-order valence-electron chi connectivity index (χ0n) is 18.9. The molecule has 1 aliphatic rings. The van der Waals surface area contributed by atoms with E-state index in [0.717, 1.165) is 19.3 Å². The Balaban J connectivity index is 1.55. The molecule has 10 nitrogen and oxygen atoms in total. The van der Waals surface area contributed by atoms with E-state index in [1.165, 1.54) is 25.2 Å². The average Bonchev–Trinajstić information content (AvgIpc) is 2.83. The number of rotatable bonds is 6. The molecule has 0 bridgehead atoms. The van der Waals surface area contributed by atoms with Gasteiger partial charge in [-0.15, -0.1) is 0 Å². The molecule has 0 aliphatic heterocycles. The van der Waals surface area contributed by atoms with Crippen molar-refractivity contribution in [3.05, 3.63) is 78.5 Å². The molecule has 2 atom stereocenters. The second-order valence-corrected chi connectivity index (χ2v) is 9.37. The molecule has 0 radical (unpaired) electrons. The number of halogens is 1. The Morgan fingerprint density at radius 2 is 1.83 bits per heavy atom. The van der Waals surface area contributed by atoms with E-state index in [1.54, 1.807) is 24.3 Å². The van der Waals surface area contributed by atoms with Gasteiger partial charge in [-0.1, -0.05) is 34.1 Å². The van der Waals surface area contributed by atoms with E-state index in [-0.39, 0.29) is 40.5 Å². The fourth-order valence-electron chi connectivity index (χ4n) is 4.51. The minimum absolute atomic E-state index is 0.148. The van der Waals surface area contributed by atoms with Crippen molar-refractivity contribution in [2.75, 3.05) is 12.4 Å². The third kappa shape index (κ3) is 5.35. The lowest BCUT2D eigenvalue weighted by Crippen LogP contribution is -2.42. The number of aromatic amines is 1. The van der Waals surface area contributed by atoms with Gasteiger partial charge in [0.05, 0.1) is 16.1 Å². The average molecular weight is 542 g/mol. The summed E-state index contributed by atoms with van der Waals surface area (Å²) in [4.78, 5) is 51.4. The Kier molecular flexibility index (Phi) is 7.15. The highest BCUT2D eigenvalue weighted by molar-refractivity contribution is 9.10. The predicted octanol–water partition coefficient (Wildman–Crippen LogP) is 3.71. The molecule has 0 saturated heterocycles. The smallest absolute Gasteiger partial charge is 0.294 e. The van der Waals surface area contributed by atoms with Crippen LogP contribution in [0.15, 0.2) is 51.7 Å². The summed E-state index contributed by atoms with van der Waals surface area (Å²) >= 11 is 3.24. The Morgan fingerprint density at radius 1 is 1.09 bits per heavy atom. The molecule has 1 saturated carbocycles. The lowest BCUT2D eigenvalue weighted by molar-refractivity contribution is -0.384. The highest BCUT2D eigenvalue weighted by Crippen LogP contribution is 2.35. The summed E-state index contributed by atoms with van der Waals surface area (Å²) in [5.74, 6) is -0.794. The van der Waals surface area contributed by atoms with Gasteiger partial charge in [0.25, 0.3) is 17.5 Å². The van der Waals surface area contributed by atoms with E-state index < -0.39 is 10.8 Å². The van der Waals surface area contributed by atoms with Crippen molar-refractivity contribution < 1.29 is 14.5 Å². The number of para-hydroxylation sites is 1. The van der Waals surface area contributed by atoms with Gasteiger partial charge in [-0.2, -0.15) is 0 Å². The largest absolute Gasteiger partial charge is 0.376 e. The number of amides is 2. The van der Waals surface area contributed by atoms with Crippen molar-refractivity contribution in [2.24, 2.45) is 0 Å². The van der Waals surface area contributed by atoms with Crippen LogP contribution < -0.4 is 21.5 Å². The summed E-state index contributed by atoms with van der Waals surface area (Å²) in [5, 5.41) is 21.1. The maximum Gasteiger partial charge on any atom is 0.294 e. The maximum absolute atomic E-state index is 13.1. The van der Waals surface area contributed by atoms with Crippen molar-refractivity contribution in [1.82, 2.24) is 15.6 Å². The van der Waals surface area contributed by atoms with E-state index in [0.29, 0.717) is 27.4 Å². The number of aromatic nitrogens is 1. The van der Waals surface area contributed by atoms with E-state index in [4.69, 9.17) is 0 Å². The Bertz CT molecular complexity index is 1370. The Morgan fingerprint density at radius 3 is 2.57 bits per heavy atom. The van der Waals surface area contributed by atoms with Crippen molar-refractivity contribution in [1.29, 1.82) is 0 Å². The van der Waals surface area contributed by atoms with Crippen LogP contribution in [0.2, 0.25) is 0 Å². The number of fused-ring (bicyclic) bond motifs is 1. The minimum Gasteiger partial charge on any atom is -0.376 e. The Labute approximate surface area is 208 Å². The van der Waals surface area contributed by atoms with Gasteiger partial charge in [0, 0.05) is 46.6 Å². The maximum atomic E-state index is 13.1. The topological polar surface area (TPSA) is 146 Å². The second kappa shape index (κ2) is 10.3. The molecule has 0 unspecified atom stereocenters. The summed E-state index contributed by atoms with van der Waals surface area (Å²) in [5.41, 5.74) is 0.618. The highest BCUT2D eigenvalue weighted by atomic mass is 79.9. The second-order valence-electron chi connectivity index (χ2n) is 8.45. The number of hydrogen-bond donors (Lipinski definition) is 4. The number of nitrogens with zero attached hydrogens (tertiary/aromatic N) is 1. The standard InChI is InChI=1S/C24H24BrN5O5/c1-26-23(32)18-9-13(25)10-20(30(34)35)22(18)27-14-5-4-6-15(11-14)28-24(33)17-12-21(31)29-19-8-3-2-7-16(17)19/h2-3,7-10,12,14-15,27H,4-6,11H2,1H3,(H,26,32)(H,28,33)(H,29,31)/t14-,15+/m1/s1. The molecule has 1 aromatic heterocycles. The lowest BCUT2D eigenvalue weighted by Gasteiger charge is -2.31. The molecule has 1 fully saturated rings. The summed E-state index contributed by atoms with van der Waals surface area (Å²) in [6.45, 7) is 0. The first-order chi connectivity index (χ1) is 16.8. The molecule has 4 N–H and O–H groups in total. The molecular formula is C24H24BrN5O5. The number of anilines is 1. The number of H-pyrrole nitrogens is 1. The van der Waals surface area contributed by atoms with E-state index in [9.17, 15) is 24.5 Å². The van der Waals surface area contributed by atoms with Gasteiger partial charge in [-0.05, 0) is 37.8 Å². The number of hydrogen-bond acceptors (Lipinski definition) is 6. The lowest BCUT2D eigenvalue weighted by atomic mass is 9.90. The van der Waals surface area contributed by atoms with E-state index >= 15 is 0 Å². The molecule has 1 aliphatic carbocycles. The zero-order valence-corrected chi connectivity index (χ0v) is 20.5. The number of carbonyl (C=O) groups excluding carboxylic acids is 2. The van der Waals surface area contributed by atoms with Crippen LogP contribution in [0.25, 0.3) is 10.9 Å². The number of carbonyl (C=O) groups is 2. The van der Waals surface area contributed by atoms with Gasteiger partial charge in [0.2, 0.25) is 5.56 Å². The van der Waals surface area contributed by atoms with Crippen molar-refractivity contribution >= 4 is 50.0 Å². The van der Waals surface area contributed by atoms with Crippen molar-refractivity contribution in [3.8, 4) is 0 Å².